The summed E-state index contributed by atoms with van der Waals surface area (Å²) in [6.07, 6.45) is 0. The molecule has 0 bridgehead atoms. The minimum atomic E-state index is -2.94. The number of hydrogen-bond acceptors (Lipinski definition) is 8. The lowest BCUT2D eigenvalue weighted by Crippen LogP contribution is -2.50. The normalized spacial score (nSPS) is 13.8. The van der Waals surface area contributed by atoms with Gasteiger partial charge in [0.05, 0.1) is 23.7 Å². The number of hydrogen-bond donors (Lipinski definition) is 5. The van der Waals surface area contributed by atoms with E-state index in [0.717, 1.165) is 16.7 Å². The van der Waals surface area contributed by atoms with Gasteiger partial charge in [0, 0.05) is 17.8 Å². The third kappa shape index (κ3) is 10.3. The fourth-order valence-electron chi connectivity index (χ4n) is 5.10. The van der Waals surface area contributed by atoms with Crippen molar-refractivity contribution in [2.75, 3.05) is 31.5 Å². The molecule has 1 heterocycles. The summed E-state index contributed by atoms with van der Waals surface area (Å²) in [4.78, 5) is 56.1. The van der Waals surface area contributed by atoms with Crippen LogP contribution in [0.2, 0.25) is 5.02 Å². The highest BCUT2D eigenvalue weighted by molar-refractivity contribution is 6.34. The van der Waals surface area contributed by atoms with Crippen molar-refractivity contribution in [3.63, 3.8) is 0 Å². The maximum atomic E-state index is 13.5. The Morgan fingerprint density at radius 3 is 2.31 bits per heavy atom. The van der Waals surface area contributed by atoms with Crippen LogP contribution >= 0.6 is 11.6 Å². The zero-order valence-electron chi connectivity index (χ0n) is 27.5. The first-order valence-electron chi connectivity index (χ1n) is 15.9. The van der Waals surface area contributed by atoms with Crippen LogP contribution in [0.3, 0.4) is 0 Å². The Balaban J connectivity index is 1.20. The first-order valence-corrected chi connectivity index (χ1v) is 16.3. The summed E-state index contributed by atoms with van der Waals surface area (Å²) in [6, 6.07) is 26.8. The van der Waals surface area contributed by atoms with Gasteiger partial charge in [-0.1, -0.05) is 84.4 Å². The molecule has 11 nitrogen and oxygen atoms in total. The molecule has 0 saturated heterocycles. The Kier molecular flexibility index (Phi) is 12.0. The molecule has 0 fully saturated rings. The molecule has 4 aromatic rings. The summed E-state index contributed by atoms with van der Waals surface area (Å²) in [5.74, 6) is -5.47. The molecular formula is C37H35ClF2N6O5. The second-order valence-corrected chi connectivity index (χ2v) is 12.1. The molecule has 4 aromatic carbocycles. The Morgan fingerprint density at radius 1 is 0.902 bits per heavy atom. The number of amides is 3. The molecule has 264 valence electrons. The topological polar surface area (TPSA) is 150 Å². The van der Waals surface area contributed by atoms with Crippen molar-refractivity contribution in [1.29, 1.82) is 0 Å². The van der Waals surface area contributed by atoms with E-state index < -0.39 is 55.3 Å². The van der Waals surface area contributed by atoms with Crippen LogP contribution in [-0.4, -0.2) is 67.8 Å². The van der Waals surface area contributed by atoms with Crippen LogP contribution in [0.4, 0.5) is 14.5 Å². The number of nitrogens with one attached hydrogen (secondary N) is 5. The lowest BCUT2D eigenvalue weighted by molar-refractivity contribution is -0.147. The van der Waals surface area contributed by atoms with E-state index in [-0.39, 0.29) is 35.3 Å². The number of benzene rings is 4. The van der Waals surface area contributed by atoms with Gasteiger partial charge in [-0.05, 0) is 53.4 Å². The standard InChI is InChI=1S/C37H35ClF2N6O5/c1-23-15-27(25-11-6-3-7-12-25)17-29(38)32(23)34(49)46-30(35(50)51-20-24-9-4-2-5-10-24)18-41-31(47)19-42-33(48)26-13-8-14-28(16-26)45-36-43-21-37(39,40)22-44-36/h2-17,30H,18-22H2,1H3,(H,41,47)(H,42,48)(H,46,49)(H2,43,44,45)/t30-/m0/s1. The largest absolute Gasteiger partial charge is 0.459 e. The van der Waals surface area contributed by atoms with Crippen molar-refractivity contribution in [3.8, 4) is 11.1 Å². The fraction of sp³-hybridized carbons (Fsp3) is 0.216. The number of aliphatic imine (C=N–C) groups is 1. The van der Waals surface area contributed by atoms with E-state index in [1.807, 2.05) is 42.5 Å². The summed E-state index contributed by atoms with van der Waals surface area (Å²) < 4.78 is 32.2. The minimum Gasteiger partial charge on any atom is -0.459 e. The van der Waals surface area contributed by atoms with Gasteiger partial charge >= 0.3 is 5.97 Å². The monoisotopic (exact) mass is 716 g/mol. The Hall–Kier alpha value is -5.82. The summed E-state index contributed by atoms with van der Waals surface area (Å²) in [7, 11) is 0. The van der Waals surface area contributed by atoms with Crippen LogP contribution in [0.25, 0.3) is 11.1 Å². The molecular weight excluding hydrogens is 682 g/mol. The van der Waals surface area contributed by atoms with Crippen molar-refractivity contribution < 1.29 is 32.7 Å². The number of esters is 1. The van der Waals surface area contributed by atoms with Crippen LogP contribution in [0.1, 0.15) is 31.8 Å². The van der Waals surface area contributed by atoms with Crippen LogP contribution in [0.15, 0.2) is 102 Å². The lowest BCUT2D eigenvalue weighted by atomic mass is 9.99. The molecule has 0 spiro atoms. The molecule has 3 amide bonds. The molecule has 0 aliphatic carbocycles. The number of ether oxygens (including phenoxy) is 1. The van der Waals surface area contributed by atoms with Crippen molar-refractivity contribution in [1.82, 2.24) is 21.3 Å². The lowest BCUT2D eigenvalue weighted by Gasteiger charge is -2.23. The van der Waals surface area contributed by atoms with Gasteiger partial charge in [0.15, 0.2) is 5.96 Å². The molecule has 5 N–H and O–H groups in total. The van der Waals surface area contributed by atoms with E-state index in [1.165, 1.54) is 12.1 Å². The number of nitrogens with zero attached hydrogens (tertiary/aromatic N) is 1. The number of anilines is 1. The van der Waals surface area contributed by atoms with E-state index in [4.69, 9.17) is 16.3 Å². The summed E-state index contributed by atoms with van der Waals surface area (Å²) in [5.41, 5.74) is 3.80. The highest BCUT2D eigenvalue weighted by atomic mass is 35.5. The number of guanidine groups is 1. The van der Waals surface area contributed by atoms with Gasteiger partial charge in [-0.2, -0.15) is 0 Å². The second kappa shape index (κ2) is 16.7. The summed E-state index contributed by atoms with van der Waals surface area (Å²) in [6.45, 7) is -0.369. The second-order valence-electron chi connectivity index (χ2n) is 11.7. The molecule has 1 atom stereocenters. The Bertz CT molecular complexity index is 1900. The molecule has 0 saturated carbocycles. The summed E-state index contributed by atoms with van der Waals surface area (Å²) in [5, 5.41) is 13.2. The number of rotatable bonds is 12. The molecule has 14 heteroatoms. The van der Waals surface area contributed by atoms with Gasteiger partial charge in [-0.3, -0.25) is 14.4 Å². The number of carbonyl (C=O) groups excluding carboxylic acids is 4. The predicted molar refractivity (Wildman–Crippen MR) is 190 cm³/mol. The third-order valence-corrected chi connectivity index (χ3v) is 8.02. The van der Waals surface area contributed by atoms with Gasteiger partial charge in [-0.25, -0.2) is 18.6 Å². The minimum absolute atomic E-state index is 0.0641. The van der Waals surface area contributed by atoms with Crippen LogP contribution in [0, 0.1) is 6.92 Å². The van der Waals surface area contributed by atoms with Crippen LogP contribution in [-0.2, 0) is 20.9 Å². The first kappa shape index (κ1) is 36.5. The van der Waals surface area contributed by atoms with Gasteiger partial charge in [0.2, 0.25) is 5.91 Å². The van der Waals surface area contributed by atoms with E-state index in [1.54, 1.807) is 49.4 Å². The Labute approximate surface area is 297 Å². The SMILES string of the molecule is Cc1cc(-c2ccccc2)cc(Cl)c1C(=O)N[C@@H](CNC(=O)CNC(=O)c1cccc(NC2=NCC(F)(F)CN2)c1)C(=O)OCc1ccccc1. The smallest absolute Gasteiger partial charge is 0.330 e. The Morgan fingerprint density at radius 2 is 1.63 bits per heavy atom. The number of alkyl halides is 2. The summed E-state index contributed by atoms with van der Waals surface area (Å²) >= 11 is 6.57. The van der Waals surface area contributed by atoms with Gasteiger partial charge < -0.3 is 31.3 Å². The van der Waals surface area contributed by atoms with Crippen LogP contribution in [0.5, 0.6) is 0 Å². The average Bonchev–Trinajstić information content (AvgIpc) is 3.12. The van der Waals surface area contributed by atoms with Crippen LogP contribution < -0.4 is 26.6 Å². The zero-order valence-corrected chi connectivity index (χ0v) is 28.2. The number of aryl methyl sites for hydroxylation is 1. The number of carbonyl (C=O) groups is 4. The number of halogens is 3. The third-order valence-electron chi connectivity index (χ3n) is 7.72. The molecule has 1 aliphatic rings. The predicted octanol–water partition coefficient (Wildman–Crippen LogP) is 4.71. The zero-order chi connectivity index (χ0) is 36.4. The van der Waals surface area contributed by atoms with Crippen molar-refractivity contribution >= 4 is 46.9 Å². The van der Waals surface area contributed by atoms with Gasteiger partial charge in [0.1, 0.15) is 19.2 Å². The highest BCUT2D eigenvalue weighted by Crippen LogP contribution is 2.29. The van der Waals surface area contributed by atoms with Crippen molar-refractivity contribution in [2.24, 2.45) is 4.99 Å². The maximum Gasteiger partial charge on any atom is 0.330 e. The fourth-order valence-corrected chi connectivity index (χ4v) is 5.45. The first-order chi connectivity index (χ1) is 24.5. The van der Waals surface area contributed by atoms with Crippen molar-refractivity contribution in [2.45, 2.75) is 25.5 Å². The van der Waals surface area contributed by atoms with Gasteiger partial charge in [-0.15, -0.1) is 0 Å². The van der Waals surface area contributed by atoms with E-state index >= 15 is 0 Å². The molecule has 5 rings (SSSR count). The molecule has 0 radical (unpaired) electrons. The van der Waals surface area contributed by atoms with E-state index in [0.29, 0.717) is 11.3 Å². The van der Waals surface area contributed by atoms with Gasteiger partial charge in [0.25, 0.3) is 17.7 Å². The van der Waals surface area contributed by atoms with E-state index in [9.17, 15) is 28.0 Å². The highest BCUT2D eigenvalue weighted by Gasteiger charge is 2.32. The molecule has 0 unspecified atom stereocenters. The quantitative estimate of drug-likeness (QED) is 0.133. The van der Waals surface area contributed by atoms with Crippen molar-refractivity contribution in [3.05, 3.63) is 124 Å². The molecule has 1 aliphatic heterocycles. The average molecular weight is 717 g/mol. The molecule has 51 heavy (non-hydrogen) atoms. The van der Waals surface area contributed by atoms with E-state index in [2.05, 4.69) is 31.6 Å². The maximum absolute atomic E-state index is 13.5. The molecule has 0 aromatic heterocycles.